The Hall–Kier alpha value is -1.98. The Morgan fingerprint density at radius 1 is 1.26 bits per heavy atom. The second-order valence-corrected chi connectivity index (χ2v) is 4.05. The van der Waals surface area contributed by atoms with E-state index in [2.05, 4.69) is 9.72 Å². The van der Waals surface area contributed by atoms with E-state index in [9.17, 15) is 18.3 Å². The summed E-state index contributed by atoms with van der Waals surface area (Å²) in [6.07, 6.45) is -3.78. The fraction of sp³-hybridized carbons (Fsp3) is 0.308. The second-order valence-electron chi connectivity index (χ2n) is 4.05. The largest absolute Gasteiger partial charge is 0.484 e. The zero-order valence-electron chi connectivity index (χ0n) is 10.1. The summed E-state index contributed by atoms with van der Waals surface area (Å²) >= 11 is 0. The van der Waals surface area contributed by atoms with Crippen molar-refractivity contribution in [3.8, 4) is 11.5 Å². The number of benzene rings is 1. The molecule has 0 bridgehead atoms. The first-order chi connectivity index (χ1) is 8.89. The quantitative estimate of drug-likeness (QED) is 0.849. The molecule has 0 aliphatic heterocycles. The maximum atomic E-state index is 12.0. The standard InChI is InChI=1S/C13H11F3NO2/c1-2-8-5-12(18)10-6-9(3-4-11(10)17-8)19-7-13(14,15)16/h3-6H,2,7H2,1H3. The number of hydrogen-bond donors (Lipinski definition) is 0. The van der Waals surface area contributed by atoms with E-state index < -0.39 is 12.8 Å². The van der Waals surface area contributed by atoms with Gasteiger partial charge in [0, 0.05) is 11.8 Å². The van der Waals surface area contributed by atoms with Crippen molar-refractivity contribution in [3.05, 3.63) is 30.0 Å². The number of pyridine rings is 1. The van der Waals surface area contributed by atoms with Crippen molar-refractivity contribution < 1.29 is 23.0 Å². The number of aryl methyl sites for hydroxylation is 1. The fourth-order valence-corrected chi connectivity index (χ4v) is 1.66. The van der Waals surface area contributed by atoms with Crippen LogP contribution in [0.3, 0.4) is 0 Å². The van der Waals surface area contributed by atoms with E-state index in [0.717, 1.165) is 0 Å². The predicted octanol–water partition coefficient (Wildman–Crippen LogP) is 3.88. The van der Waals surface area contributed by atoms with Gasteiger partial charge in [-0.05, 0) is 24.6 Å². The first kappa shape index (κ1) is 13.5. The Labute approximate surface area is 107 Å². The van der Waals surface area contributed by atoms with Crippen molar-refractivity contribution in [1.82, 2.24) is 4.98 Å². The number of ether oxygens (including phenoxy) is 1. The minimum Gasteiger partial charge on any atom is -0.484 e. The van der Waals surface area contributed by atoms with Gasteiger partial charge in [0.1, 0.15) is 5.75 Å². The molecule has 0 amide bonds. The van der Waals surface area contributed by atoms with Gasteiger partial charge in [0.25, 0.3) is 0 Å². The van der Waals surface area contributed by atoms with E-state index in [0.29, 0.717) is 17.6 Å². The minimum absolute atomic E-state index is 0.00738. The van der Waals surface area contributed by atoms with Gasteiger partial charge in [-0.1, -0.05) is 6.92 Å². The molecule has 1 radical (unpaired) electrons. The van der Waals surface area contributed by atoms with Gasteiger partial charge < -0.3 is 4.74 Å². The first-order valence-corrected chi connectivity index (χ1v) is 5.69. The molecule has 1 aromatic carbocycles. The molecule has 0 spiro atoms. The summed E-state index contributed by atoms with van der Waals surface area (Å²) in [5.74, 6) is -0.257. The Balaban J connectivity index is 2.33. The summed E-state index contributed by atoms with van der Waals surface area (Å²) < 4.78 is 40.7. The van der Waals surface area contributed by atoms with E-state index in [1.807, 2.05) is 6.92 Å². The van der Waals surface area contributed by atoms with Crippen LogP contribution in [0, 0.1) is 0 Å². The Morgan fingerprint density at radius 3 is 2.63 bits per heavy atom. The highest BCUT2D eigenvalue weighted by Crippen LogP contribution is 2.29. The minimum atomic E-state index is -4.40. The normalized spacial score (nSPS) is 11.8. The Kier molecular flexibility index (Phi) is 3.50. The van der Waals surface area contributed by atoms with Crippen LogP contribution in [0.15, 0.2) is 24.3 Å². The SMILES string of the molecule is CCc1cc([O])c2cc(OCC(F)(F)F)ccc2n1. The average molecular weight is 270 g/mol. The number of fused-ring (bicyclic) bond motifs is 1. The van der Waals surface area contributed by atoms with Gasteiger partial charge in [-0.3, -0.25) is 10.1 Å². The molecule has 19 heavy (non-hydrogen) atoms. The summed E-state index contributed by atoms with van der Waals surface area (Å²) in [5, 5.41) is 12.1. The van der Waals surface area contributed by atoms with Crippen molar-refractivity contribution >= 4 is 10.9 Å². The third-order valence-electron chi connectivity index (χ3n) is 2.56. The van der Waals surface area contributed by atoms with Gasteiger partial charge in [0.2, 0.25) is 0 Å². The molecule has 0 N–H and O–H groups in total. The number of rotatable bonds is 3. The van der Waals surface area contributed by atoms with Crippen LogP contribution in [0.1, 0.15) is 12.6 Å². The maximum Gasteiger partial charge on any atom is 0.422 e. The summed E-state index contributed by atoms with van der Waals surface area (Å²) in [4.78, 5) is 4.23. The van der Waals surface area contributed by atoms with Crippen LogP contribution in [-0.2, 0) is 11.5 Å². The molecule has 6 heteroatoms. The number of halogens is 3. The molecule has 0 aliphatic rings. The van der Waals surface area contributed by atoms with Crippen LogP contribution in [0.5, 0.6) is 11.5 Å². The first-order valence-electron chi connectivity index (χ1n) is 5.69. The average Bonchev–Trinajstić information content (AvgIpc) is 2.35. The van der Waals surface area contributed by atoms with Gasteiger partial charge in [0.05, 0.1) is 10.9 Å². The lowest BCUT2D eigenvalue weighted by molar-refractivity contribution is -0.153. The zero-order valence-corrected chi connectivity index (χ0v) is 10.1. The second kappa shape index (κ2) is 4.95. The van der Waals surface area contributed by atoms with Crippen LogP contribution in [-0.4, -0.2) is 17.8 Å². The third-order valence-corrected chi connectivity index (χ3v) is 2.56. The van der Waals surface area contributed by atoms with Crippen molar-refractivity contribution in [1.29, 1.82) is 0 Å². The molecule has 0 fully saturated rings. The van der Waals surface area contributed by atoms with E-state index in [4.69, 9.17) is 0 Å². The molecule has 2 rings (SSSR count). The van der Waals surface area contributed by atoms with Gasteiger partial charge in [0.15, 0.2) is 12.4 Å². The van der Waals surface area contributed by atoms with Crippen molar-refractivity contribution in [3.63, 3.8) is 0 Å². The molecule has 1 heterocycles. The lowest BCUT2D eigenvalue weighted by Crippen LogP contribution is -2.19. The monoisotopic (exact) mass is 270 g/mol. The number of aromatic nitrogens is 1. The molecule has 0 aliphatic carbocycles. The molecule has 1 aromatic heterocycles. The molecule has 0 saturated carbocycles. The Bertz CT molecular complexity index is 596. The lowest BCUT2D eigenvalue weighted by Gasteiger charge is -2.10. The maximum absolute atomic E-state index is 12.0. The van der Waals surface area contributed by atoms with E-state index in [-0.39, 0.29) is 16.9 Å². The molecule has 3 nitrogen and oxygen atoms in total. The van der Waals surface area contributed by atoms with Crippen LogP contribution >= 0.6 is 0 Å². The summed E-state index contributed by atoms with van der Waals surface area (Å²) in [5.41, 5.74) is 1.12. The van der Waals surface area contributed by atoms with Crippen molar-refractivity contribution in [2.24, 2.45) is 0 Å². The summed E-state index contributed by atoms with van der Waals surface area (Å²) in [6, 6.07) is 5.53. The molecule has 101 valence electrons. The molecule has 2 aromatic rings. The summed E-state index contributed by atoms with van der Waals surface area (Å²) in [6.45, 7) is 0.488. The van der Waals surface area contributed by atoms with Gasteiger partial charge in [-0.2, -0.15) is 13.2 Å². The van der Waals surface area contributed by atoms with E-state index >= 15 is 0 Å². The number of nitrogens with zero attached hydrogens (tertiary/aromatic N) is 1. The lowest BCUT2D eigenvalue weighted by atomic mass is 10.1. The molecular formula is C13H11F3NO2. The van der Waals surface area contributed by atoms with Gasteiger partial charge in [-0.25, -0.2) is 0 Å². The predicted molar refractivity (Wildman–Crippen MR) is 62.8 cm³/mol. The highest BCUT2D eigenvalue weighted by molar-refractivity contribution is 5.86. The zero-order chi connectivity index (χ0) is 14.0. The third kappa shape index (κ3) is 3.27. The topological polar surface area (TPSA) is 42.0 Å². The van der Waals surface area contributed by atoms with E-state index in [1.54, 1.807) is 0 Å². The van der Waals surface area contributed by atoms with Crippen LogP contribution in [0.25, 0.3) is 10.9 Å². The molecule has 0 saturated heterocycles. The molecule has 0 unspecified atom stereocenters. The summed E-state index contributed by atoms with van der Waals surface area (Å²) in [7, 11) is 0. The number of alkyl halides is 3. The van der Waals surface area contributed by atoms with Crippen LogP contribution in [0.2, 0.25) is 0 Å². The van der Waals surface area contributed by atoms with E-state index in [1.165, 1.54) is 24.3 Å². The number of hydrogen-bond acceptors (Lipinski definition) is 2. The smallest absolute Gasteiger partial charge is 0.422 e. The molecular weight excluding hydrogens is 259 g/mol. The van der Waals surface area contributed by atoms with Crippen LogP contribution < -0.4 is 4.74 Å². The van der Waals surface area contributed by atoms with Gasteiger partial charge >= 0.3 is 6.18 Å². The van der Waals surface area contributed by atoms with Gasteiger partial charge in [-0.15, -0.1) is 0 Å². The molecule has 0 atom stereocenters. The highest BCUT2D eigenvalue weighted by atomic mass is 19.4. The van der Waals surface area contributed by atoms with Crippen molar-refractivity contribution in [2.75, 3.05) is 6.61 Å². The van der Waals surface area contributed by atoms with Crippen molar-refractivity contribution in [2.45, 2.75) is 19.5 Å². The fourth-order valence-electron chi connectivity index (χ4n) is 1.66. The Morgan fingerprint density at radius 2 is 2.00 bits per heavy atom. The highest BCUT2D eigenvalue weighted by Gasteiger charge is 2.28. The van der Waals surface area contributed by atoms with Crippen LogP contribution in [0.4, 0.5) is 13.2 Å².